The molecule has 0 aromatic carbocycles. The first kappa shape index (κ1) is 24.8. The van der Waals surface area contributed by atoms with Gasteiger partial charge in [0, 0.05) is 6.42 Å². The third kappa shape index (κ3) is 4.50. The van der Waals surface area contributed by atoms with Crippen LogP contribution in [-0.2, 0) is 9.53 Å². The molecule has 4 aliphatic rings. The summed E-state index contributed by atoms with van der Waals surface area (Å²) >= 11 is 3.24. The van der Waals surface area contributed by atoms with E-state index in [4.69, 9.17) is 4.74 Å². The van der Waals surface area contributed by atoms with Gasteiger partial charge >= 0.3 is 5.97 Å². The molecule has 0 N–H and O–H groups in total. The van der Waals surface area contributed by atoms with E-state index >= 15 is 0 Å². The summed E-state index contributed by atoms with van der Waals surface area (Å²) in [4.78, 5) is 11.8. The highest BCUT2D eigenvalue weighted by Crippen LogP contribution is 2.67. The van der Waals surface area contributed by atoms with Crippen molar-refractivity contribution in [2.45, 2.75) is 111 Å². The van der Waals surface area contributed by atoms with Crippen LogP contribution in [0.3, 0.4) is 0 Å². The number of alkyl halides is 1. The molecule has 4 rings (SSSR count). The predicted molar refractivity (Wildman–Crippen MR) is 137 cm³/mol. The highest BCUT2D eigenvalue weighted by atomic mass is 79.9. The van der Waals surface area contributed by atoms with Crippen molar-refractivity contribution in [3.8, 4) is 0 Å². The van der Waals surface area contributed by atoms with E-state index in [1.165, 1.54) is 57.8 Å². The molecule has 0 spiro atoms. The summed E-state index contributed by atoms with van der Waals surface area (Å²) in [5.41, 5.74) is 2.50. The second-order valence-corrected chi connectivity index (χ2v) is 13.3. The number of esters is 1. The number of carbonyl (C=O) groups is 1. The van der Waals surface area contributed by atoms with Crippen LogP contribution < -0.4 is 0 Å². The number of rotatable bonds is 7. The van der Waals surface area contributed by atoms with E-state index in [0.29, 0.717) is 16.2 Å². The van der Waals surface area contributed by atoms with E-state index in [-0.39, 0.29) is 12.1 Å². The minimum Gasteiger partial charge on any atom is -0.461 e. The fraction of sp³-hybridized carbons (Fsp3) is 0.897. The Morgan fingerprint density at radius 1 is 1.09 bits per heavy atom. The zero-order valence-electron chi connectivity index (χ0n) is 21.3. The van der Waals surface area contributed by atoms with Crippen LogP contribution in [0.15, 0.2) is 11.6 Å². The van der Waals surface area contributed by atoms with E-state index in [2.05, 4.69) is 56.6 Å². The van der Waals surface area contributed by atoms with Crippen molar-refractivity contribution in [2.24, 2.45) is 46.3 Å². The number of halogens is 1. The largest absolute Gasteiger partial charge is 0.461 e. The molecule has 0 saturated heterocycles. The average molecular weight is 508 g/mol. The van der Waals surface area contributed by atoms with Gasteiger partial charge in [0.05, 0.1) is 0 Å². The van der Waals surface area contributed by atoms with Gasteiger partial charge in [-0.1, -0.05) is 81.5 Å². The molecule has 0 aliphatic heterocycles. The van der Waals surface area contributed by atoms with Gasteiger partial charge in [-0.05, 0) is 91.3 Å². The predicted octanol–water partition coefficient (Wildman–Crippen LogP) is 8.33. The second kappa shape index (κ2) is 9.74. The van der Waals surface area contributed by atoms with Gasteiger partial charge in [0.1, 0.15) is 11.4 Å². The van der Waals surface area contributed by atoms with E-state index in [9.17, 15) is 4.79 Å². The average Bonchev–Trinajstić information content (AvgIpc) is 3.11. The van der Waals surface area contributed by atoms with Gasteiger partial charge in [-0.3, -0.25) is 4.79 Å². The summed E-state index contributed by atoms with van der Waals surface area (Å²) in [5.74, 6) is 5.16. The smallest absolute Gasteiger partial charge is 0.316 e. The lowest BCUT2D eigenvalue weighted by molar-refractivity contribution is -0.148. The van der Waals surface area contributed by atoms with Crippen LogP contribution in [0.1, 0.15) is 105 Å². The summed E-state index contributed by atoms with van der Waals surface area (Å²) in [6.45, 7) is 12.5. The number of hydrogen-bond donors (Lipinski definition) is 0. The number of ether oxygens (including phenoxy) is 1. The maximum Gasteiger partial charge on any atom is 0.316 e. The van der Waals surface area contributed by atoms with Crippen LogP contribution in [0.4, 0.5) is 0 Å². The van der Waals surface area contributed by atoms with Crippen molar-refractivity contribution < 1.29 is 9.53 Å². The molecule has 0 radical (unpaired) electrons. The SMILES string of the molecule is CC(C)CCC[C@@H](C)[C@@H]1CC[C@@H]2[C@H]3CC=C4C[C@@H](OC(=O)CBr)CC[C@]4(C)[C@@H]3CC[C@]21C. The molecule has 0 unspecified atom stereocenters. The van der Waals surface area contributed by atoms with Gasteiger partial charge in [-0.2, -0.15) is 0 Å². The molecule has 3 fully saturated rings. The van der Waals surface area contributed by atoms with Crippen LogP contribution in [-0.4, -0.2) is 17.4 Å². The van der Waals surface area contributed by atoms with Crippen molar-refractivity contribution in [1.82, 2.24) is 0 Å². The minimum atomic E-state index is -0.110. The molecule has 0 bridgehead atoms. The Labute approximate surface area is 205 Å². The lowest BCUT2D eigenvalue weighted by atomic mass is 9.47. The van der Waals surface area contributed by atoms with Gasteiger partial charge in [0.25, 0.3) is 0 Å². The number of allylic oxidation sites excluding steroid dienone is 1. The second-order valence-electron chi connectivity index (χ2n) is 12.8. The Morgan fingerprint density at radius 2 is 1.88 bits per heavy atom. The molecule has 3 heteroatoms. The standard InChI is InChI=1S/C29H47BrO2/c1-19(2)7-6-8-20(3)24-11-12-25-23-10-9-21-17-22(32-27(31)18-30)13-15-28(21,4)26(23)14-16-29(24,25)5/h9,19-20,22-26H,6-8,10-18H2,1-5H3/t20-,22+,23-,24+,25-,26-,28+,29+/m1/s1. The Bertz CT molecular complexity index is 714. The van der Waals surface area contributed by atoms with Crippen LogP contribution in [0.25, 0.3) is 0 Å². The summed E-state index contributed by atoms with van der Waals surface area (Å²) in [6, 6.07) is 0. The van der Waals surface area contributed by atoms with E-state index in [1.54, 1.807) is 5.57 Å². The molecule has 0 amide bonds. The minimum absolute atomic E-state index is 0.0901. The monoisotopic (exact) mass is 506 g/mol. The summed E-state index contributed by atoms with van der Waals surface area (Å²) in [6.07, 6.45) is 17.1. The first-order valence-electron chi connectivity index (χ1n) is 13.6. The molecule has 32 heavy (non-hydrogen) atoms. The third-order valence-corrected chi connectivity index (χ3v) is 11.1. The maximum atomic E-state index is 11.8. The van der Waals surface area contributed by atoms with Gasteiger partial charge in [0.15, 0.2) is 0 Å². The molecule has 0 aromatic heterocycles. The highest BCUT2D eigenvalue weighted by Gasteiger charge is 2.59. The van der Waals surface area contributed by atoms with Crippen LogP contribution in [0.2, 0.25) is 0 Å². The quantitative estimate of drug-likeness (QED) is 0.197. The Balaban J connectivity index is 1.45. The van der Waals surface area contributed by atoms with Gasteiger partial charge in [0.2, 0.25) is 0 Å². The Morgan fingerprint density at radius 3 is 2.59 bits per heavy atom. The Kier molecular flexibility index (Phi) is 7.55. The highest BCUT2D eigenvalue weighted by molar-refractivity contribution is 9.09. The van der Waals surface area contributed by atoms with E-state index < -0.39 is 0 Å². The van der Waals surface area contributed by atoms with E-state index in [1.807, 2.05) is 0 Å². The van der Waals surface area contributed by atoms with Crippen LogP contribution in [0, 0.1) is 46.3 Å². The van der Waals surface area contributed by atoms with Gasteiger partial charge in [-0.25, -0.2) is 0 Å². The lowest BCUT2D eigenvalue weighted by Crippen LogP contribution is -2.51. The van der Waals surface area contributed by atoms with Crippen molar-refractivity contribution in [3.05, 3.63) is 11.6 Å². The molecule has 8 atom stereocenters. The van der Waals surface area contributed by atoms with Gasteiger partial charge < -0.3 is 4.74 Å². The third-order valence-electron chi connectivity index (χ3n) is 10.7. The van der Waals surface area contributed by atoms with Crippen LogP contribution >= 0.6 is 15.9 Å². The number of carbonyl (C=O) groups excluding carboxylic acids is 1. The molecule has 4 aliphatic carbocycles. The summed E-state index contributed by atoms with van der Waals surface area (Å²) < 4.78 is 5.72. The fourth-order valence-corrected chi connectivity index (χ4v) is 9.10. The topological polar surface area (TPSA) is 26.3 Å². The molecule has 0 aromatic rings. The number of fused-ring (bicyclic) bond motifs is 5. The molecule has 0 heterocycles. The van der Waals surface area contributed by atoms with Crippen molar-refractivity contribution in [2.75, 3.05) is 5.33 Å². The van der Waals surface area contributed by atoms with Crippen LogP contribution in [0.5, 0.6) is 0 Å². The molecule has 2 nitrogen and oxygen atoms in total. The molecular weight excluding hydrogens is 460 g/mol. The maximum absolute atomic E-state index is 11.8. The normalized spacial score (nSPS) is 42.0. The summed E-state index contributed by atoms with van der Waals surface area (Å²) in [7, 11) is 0. The van der Waals surface area contributed by atoms with Crippen molar-refractivity contribution in [3.63, 3.8) is 0 Å². The molecule has 182 valence electrons. The molecule has 3 saturated carbocycles. The zero-order valence-corrected chi connectivity index (χ0v) is 22.9. The van der Waals surface area contributed by atoms with Crippen molar-refractivity contribution in [1.29, 1.82) is 0 Å². The van der Waals surface area contributed by atoms with E-state index in [0.717, 1.165) is 48.3 Å². The summed E-state index contributed by atoms with van der Waals surface area (Å²) in [5, 5.41) is 0.307. The van der Waals surface area contributed by atoms with Gasteiger partial charge in [-0.15, -0.1) is 0 Å². The Hall–Kier alpha value is -0.310. The van der Waals surface area contributed by atoms with Crippen molar-refractivity contribution >= 4 is 21.9 Å². The fourth-order valence-electron chi connectivity index (χ4n) is 8.97. The number of hydrogen-bond acceptors (Lipinski definition) is 2. The molecular formula is C29H47BrO2. The zero-order chi connectivity index (χ0) is 23.1. The lowest BCUT2D eigenvalue weighted by Gasteiger charge is -2.58. The first-order valence-corrected chi connectivity index (χ1v) is 14.8. The first-order chi connectivity index (χ1) is 15.2.